The molecule has 0 saturated heterocycles. The first-order valence-corrected chi connectivity index (χ1v) is 7.12. The van der Waals surface area contributed by atoms with Gasteiger partial charge in [-0.15, -0.1) is 5.10 Å². The topological polar surface area (TPSA) is 39.4 Å². The summed E-state index contributed by atoms with van der Waals surface area (Å²) in [5, 5.41) is 4.31. The average molecular weight is 302 g/mol. The van der Waals surface area contributed by atoms with Gasteiger partial charge in [-0.25, -0.2) is 9.50 Å². The van der Waals surface area contributed by atoms with Crippen molar-refractivity contribution in [1.82, 2.24) is 14.6 Å². The molecular formula is C10H12BrN3OS. The zero-order valence-electron chi connectivity index (χ0n) is 8.89. The summed E-state index contributed by atoms with van der Waals surface area (Å²) in [7, 11) is 0. The summed E-state index contributed by atoms with van der Waals surface area (Å²) in [6.45, 7) is 0.700. The van der Waals surface area contributed by atoms with Gasteiger partial charge in [0.05, 0.1) is 12.8 Å². The van der Waals surface area contributed by atoms with E-state index in [0.717, 1.165) is 22.4 Å². The lowest BCUT2D eigenvalue weighted by atomic mass is 10.5. The monoisotopic (exact) mass is 301 g/mol. The second-order valence-electron chi connectivity index (χ2n) is 3.22. The van der Waals surface area contributed by atoms with Crippen LogP contribution < -0.4 is 4.74 Å². The maximum atomic E-state index is 5.55. The summed E-state index contributed by atoms with van der Waals surface area (Å²) in [5.41, 5.74) is 0.809. The van der Waals surface area contributed by atoms with Crippen molar-refractivity contribution in [3.05, 3.63) is 22.9 Å². The third kappa shape index (κ3) is 2.68. The fourth-order valence-corrected chi connectivity index (χ4v) is 2.06. The molecule has 0 aromatic carbocycles. The minimum atomic E-state index is 0.632. The standard InChI is InChI=1S/C10H12BrN3OS/c1-16-6-2-5-15-10-4-3-9-12-7-8(11)14(9)13-10/h3-4,7H,2,5-6H2,1H3. The highest BCUT2D eigenvalue weighted by Crippen LogP contribution is 2.14. The SMILES string of the molecule is CSCCCOc1ccc2ncc(Br)n2n1. The Morgan fingerprint density at radius 1 is 1.50 bits per heavy atom. The molecule has 4 nitrogen and oxygen atoms in total. The first-order chi connectivity index (χ1) is 7.81. The van der Waals surface area contributed by atoms with Crippen molar-refractivity contribution in [2.75, 3.05) is 18.6 Å². The van der Waals surface area contributed by atoms with Gasteiger partial charge in [-0.05, 0) is 40.4 Å². The van der Waals surface area contributed by atoms with Crippen LogP contribution in [0, 0.1) is 0 Å². The van der Waals surface area contributed by atoms with E-state index in [4.69, 9.17) is 4.74 Å². The van der Waals surface area contributed by atoms with Crippen LogP contribution in [-0.2, 0) is 0 Å². The lowest BCUT2D eigenvalue weighted by Gasteiger charge is -2.04. The third-order valence-corrected chi connectivity index (χ3v) is 3.28. The second-order valence-corrected chi connectivity index (χ2v) is 5.02. The molecule has 0 spiro atoms. The lowest BCUT2D eigenvalue weighted by Crippen LogP contribution is -2.02. The average Bonchev–Trinajstić information content (AvgIpc) is 2.67. The van der Waals surface area contributed by atoms with Gasteiger partial charge >= 0.3 is 0 Å². The van der Waals surface area contributed by atoms with Crippen molar-refractivity contribution in [2.24, 2.45) is 0 Å². The number of aromatic nitrogens is 3. The van der Waals surface area contributed by atoms with E-state index >= 15 is 0 Å². The van der Waals surface area contributed by atoms with Gasteiger partial charge in [-0.3, -0.25) is 0 Å². The van der Waals surface area contributed by atoms with Crippen LogP contribution in [0.3, 0.4) is 0 Å². The Kier molecular flexibility index (Phi) is 4.06. The van der Waals surface area contributed by atoms with E-state index in [1.165, 1.54) is 0 Å². The van der Waals surface area contributed by atoms with Gasteiger partial charge in [-0.1, -0.05) is 0 Å². The Balaban J connectivity index is 2.04. The van der Waals surface area contributed by atoms with Crippen LogP contribution in [0.4, 0.5) is 0 Å². The first kappa shape index (κ1) is 11.7. The first-order valence-electron chi connectivity index (χ1n) is 4.93. The lowest BCUT2D eigenvalue weighted by molar-refractivity contribution is 0.301. The van der Waals surface area contributed by atoms with Crippen LogP contribution in [0.25, 0.3) is 5.65 Å². The van der Waals surface area contributed by atoms with Gasteiger partial charge in [-0.2, -0.15) is 11.8 Å². The maximum Gasteiger partial charge on any atom is 0.231 e. The van der Waals surface area contributed by atoms with Gasteiger partial charge in [0.2, 0.25) is 5.88 Å². The fourth-order valence-electron chi connectivity index (χ4n) is 1.29. The van der Waals surface area contributed by atoms with Crippen LogP contribution in [0.1, 0.15) is 6.42 Å². The zero-order chi connectivity index (χ0) is 11.4. The van der Waals surface area contributed by atoms with Crippen LogP contribution in [0.15, 0.2) is 22.9 Å². The van der Waals surface area contributed by atoms with Crippen LogP contribution in [0.2, 0.25) is 0 Å². The molecule has 6 heteroatoms. The summed E-state index contributed by atoms with van der Waals surface area (Å²) in [6.07, 6.45) is 4.85. The molecule has 0 atom stereocenters. The third-order valence-electron chi connectivity index (χ3n) is 2.04. The largest absolute Gasteiger partial charge is 0.477 e. The summed E-state index contributed by atoms with van der Waals surface area (Å²) in [6, 6.07) is 3.73. The Morgan fingerprint density at radius 2 is 2.38 bits per heavy atom. The summed E-state index contributed by atoms with van der Waals surface area (Å²) >= 11 is 5.19. The molecule has 0 N–H and O–H groups in total. The molecule has 0 bridgehead atoms. The van der Waals surface area contributed by atoms with Crippen molar-refractivity contribution in [3.63, 3.8) is 0 Å². The highest BCUT2D eigenvalue weighted by atomic mass is 79.9. The molecule has 0 unspecified atom stereocenters. The van der Waals surface area contributed by atoms with E-state index in [2.05, 4.69) is 32.3 Å². The van der Waals surface area contributed by atoms with Crippen LogP contribution in [0.5, 0.6) is 5.88 Å². The number of ether oxygens (including phenoxy) is 1. The molecule has 2 rings (SSSR count). The quantitative estimate of drug-likeness (QED) is 0.796. The van der Waals surface area contributed by atoms with Crippen molar-refractivity contribution in [1.29, 1.82) is 0 Å². The maximum absolute atomic E-state index is 5.55. The predicted octanol–water partition coefficient (Wildman–Crippen LogP) is 2.62. The Labute approximate surface area is 107 Å². The summed E-state index contributed by atoms with van der Waals surface area (Å²) < 4.78 is 8.09. The molecule has 0 fully saturated rings. The molecule has 0 radical (unpaired) electrons. The molecule has 86 valence electrons. The molecule has 0 amide bonds. The van der Waals surface area contributed by atoms with Gasteiger partial charge in [0, 0.05) is 6.07 Å². The van der Waals surface area contributed by atoms with E-state index in [-0.39, 0.29) is 0 Å². The number of hydrogen-bond acceptors (Lipinski definition) is 4. The number of fused-ring (bicyclic) bond motifs is 1. The van der Waals surface area contributed by atoms with Gasteiger partial charge in [0.15, 0.2) is 5.65 Å². The Hall–Kier alpha value is -0.750. The molecule has 2 heterocycles. The van der Waals surface area contributed by atoms with E-state index in [1.54, 1.807) is 10.7 Å². The number of rotatable bonds is 5. The minimum absolute atomic E-state index is 0.632. The molecule has 0 saturated carbocycles. The molecule has 0 aliphatic carbocycles. The Bertz CT molecular complexity index is 474. The van der Waals surface area contributed by atoms with Crippen LogP contribution >= 0.6 is 27.7 Å². The smallest absolute Gasteiger partial charge is 0.231 e. The number of imidazole rings is 1. The molecular weight excluding hydrogens is 290 g/mol. The molecule has 0 aliphatic heterocycles. The Morgan fingerprint density at radius 3 is 3.19 bits per heavy atom. The van der Waals surface area contributed by atoms with Crippen molar-refractivity contribution >= 4 is 33.3 Å². The second kappa shape index (κ2) is 5.54. The van der Waals surface area contributed by atoms with Crippen molar-refractivity contribution < 1.29 is 4.74 Å². The van der Waals surface area contributed by atoms with E-state index in [9.17, 15) is 0 Å². The molecule has 0 aliphatic rings. The van der Waals surface area contributed by atoms with E-state index in [1.807, 2.05) is 23.9 Å². The van der Waals surface area contributed by atoms with E-state index < -0.39 is 0 Å². The van der Waals surface area contributed by atoms with Gasteiger partial charge in [0.1, 0.15) is 4.60 Å². The molecule has 2 aromatic heterocycles. The highest BCUT2D eigenvalue weighted by molar-refractivity contribution is 9.10. The number of nitrogens with zero attached hydrogens (tertiary/aromatic N) is 3. The molecule has 16 heavy (non-hydrogen) atoms. The van der Waals surface area contributed by atoms with Crippen molar-refractivity contribution in [3.8, 4) is 5.88 Å². The predicted molar refractivity (Wildman–Crippen MR) is 69.2 cm³/mol. The van der Waals surface area contributed by atoms with Gasteiger partial charge < -0.3 is 4.74 Å². The fraction of sp³-hybridized carbons (Fsp3) is 0.400. The number of halogens is 1. The summed E-state index contributed by atoms with van der Waals surface area (Å²) in [4.78, 5) is 4.16. The van der Waals surface area contributed by atoms with E-state index in [0.29, 0.717) is 12.5 Å². The zero-order valence-corrected chi connectivity index (χ0v) is 11.3. The van der Waals surface area contributed by atoms with Crippen molar-refractivity contribution in [2.45, 2.75) is 6.42 Å². The normalized spacial score (nSPS) is 10.9. The molecule has 2 aromatic rings. The van der Waals surface area contributed by atoms with Gasteiger partial charge in [0.25, 0.3) is 0 Å². The summed E-state index contributed by atoms with van der Waals surface area (Å²) in [5.74, 6) is 1.74. The minimum Gasteiger partial charge on any atom is -0.477 e. The number of thioether (sulfide) groups is 1. The number of hydrogen-bond donors (Lipinski definition) is 0. The van der Waals surface area contributed by atoms with Crippen LogP contribution in [-0.4, -0.2) is 33.2 Å². The highest BCUT2D eigenvalue weighted by Gasteiger charge is 2.03.